The monoisotopic (exact) mass is 419 g/mol. The van der Waals surface area contributed by atoms with E-state index in [-0.39, 0.29) is 22.2 Å². The first-order chi connectivity index (χ1) is 13.0. The molecule has 1 N–H and O–H groups in total. The van der Waals surface area contributed by atoms with Gasteiger partial charge in [-0.2, -0.15) is 5.10 Å². The van der Waals surface area contributed by atoms with Crippen LogP contribution < -0.4 is 0 Å². The largest absolute Gasteiger partial charge is 0.508 e. The first-order valence-corrected chi connectivity index (χ1v) is 9.51. The van der Waals surface area contributed by atoms with E-state index in [4.69, 9.17) is 23.2 Å². The third-order valence-corrected chi connectivity index (χ3v) is 5.90. The SMILES string of the molecule is Cn1nc(-c2c(F)cccc2Cl)nc1-c1csc(-c2ccc(O)cc2)c1Cl. The van der Waals surface area contributed by atoms with Gasteiger partial charge >= 0.3 is 0 Å². The molecule has 2 aromatic carbocycles. The van der Waals surface area contributed by atoms with Crippen LogP contribution in [-0.2, 0) is 7.05 Å². The maximum Gasteiger partial charge on any atom is 0.186 e. The molecule has 2 heterocycles. The molecule has 8 heteroatoms. The topological polar surface area (TPSA) is 50.9 Å². The van der Waals surface area contributed by atoms with Crippen molar-refractivity contribution in [3.63, 3.8) is 0 Å². The minimum absolute atomic E-state index is 0.158. The lowest BCUT2D eigenvalue weighted by atomic mass is 10.1. The van der Waals surface area contributed by atoms with Gasteiger partial charge in [0.15, 0.2) is 11.6 Å². The molecule has 0 amide bonds. The van der Waals surface area contributed by atoms with Crippen molar-refractivity contribution in [1.82, 2.24) is 14.8 Å². The molecule has 0 fully saturated rings. The Bertz CT molecular complexity index is 1120. The third-order valence-electron chi connectivity index (χ3n) is 4.05. The minimum Gasteiger partial charge on any atom is -0.508 e. The molecule has 4 rings (SSSR count). The second-order valence-corrected chi connectivity index (χ2v) is 7.48. The zero-order valence-corrected chi connectivity index (χ0v) is 16.3. The molecule has 0 aliphatic carbocycles. The Labute approximate surface area is 168 Å². The molecule has 0 radical (unpaired) electrons. The molecule has 0 bridgehead atoms. The van der Waals surface area contributed by atoms with E-state index < -0.39 is 5.82 Å². The first kappa shape index (κ1) is 18.0. The van der Waals surface area contributed by atoms with Crippen LogP contribution in [0.15, 0.2) is 47.8 Å². The van der Waals surface area contributed by atoms with Crippen LogP contribution in [0.2, 0.25) is 10.0 Å². The lowest BCUT2D eigenvalue weighted by molar-refractivity contribution is 0.475. The van der Waals surface area contributed by atoms with E-state index in [1.807, 2.05) is 5.38 Å². The van der Waals surface area contributed by atoms with Crippen molar-refractivity contribution in [2.24, 2.45) is 7.05 Å². The van der Waals surface area contributed by atoms with Crippen LogP contribution in [0.4, 0.5) is 4.39 Å². The summed E-state index contributed by atoms with van der Waals surface area (Å²) in [5.41, 5.74) is 1.73. The van der Waals surface area contributed by atoms with Crippen LogP contribution >= 0.6 is 34.5 Å². The van der Waals surface area contributed by atoms with E-state index in [9.17, 15) is 9.50 Å². The number of hydrogen-bond acceptors (Lipinski definition) is 4. The van der Waals surface area contributed by atoms with Crippen molar-refractivity contribution >= 4 is 34.5 Å². The van der Waals surface area contributed by atoms with Gasteiger partial charge in [-0.15, -0.1) is 11.3 Å². The van der Waals surface area contributed by atoms with Crippen molar-refractivity contribution in [3.8, 4) is 39.0 Å². The van der Waals surface area contributed by atoms with E-state index in [2.05, 4.69) is 10.1 Å². The second-order valence-electron chi connectivity index (χ2n) is 5.82. The number of rotatable bonds is 3. The fourth-order valence-electron chi connectivity index (χ4n) is 2.74. The summed E-state index contributed by atoms with van der Waals surface area (Å²) < 4.78 is 15.7. The van der Waals surface area contributed by atoms with Crippen LogP contribution in [0, 0.1) is 5.82 Å². The standard InChI is InChI=1S/C19H12Cl2FN3OS/c1-25-19(23-18(24-25)15-13(20)3-2-4-14(15)22)12-9-27-17(16(12)21)10-5-7-11(26)8-6-10/h2-9,26H,1H3. The van der Waals surface area contributed by atoms with Crippen molar-refractivity contribution in [2.75, 3.05) is 0 Å². The molecule has 0 unspecified atom stereocenters. The number of nitrogens with zero attached hydrogens (tertiary/aromatic N) is 3. The van der Waals surface area contributed by atoms with Crippen LogP contribution in [0.1, 0.15) is 0 Å². The Hall–Kier alpha value is -2.41. The summed E-state index contributed by atoms with van der Waals surface area (Å²) in [7, 11) is 1.72. The van der Waals surface area contributed by atoms with E-state index in [1.54, 1.807) is 42.1 Å². The predicted octanol–water partition coefficient (Wildman–Crippen LogP) is 6.03. The molecule has 4 nitrogen and oxygen atoms in total. The van der Waals surface area contributed by atoms with Gasteiger partial charge in [-0.1, -0.05) is 29.3 Å². The molecule has 0 spiro atoms. The minimum atomic E-state index is -0.485. The smallest absolute Gasteiger partial charge is 0.186 e. The summed E-state index contributed by atoms with van der Waals surface area (Å²) in [6.07, 6.45) is 0. The Morgan fingerprint density at radius 3 is 2.56 bits per heavy atom. The van der Waals surface area contributed by atoms with Crippen molar-refractivity contribution in [1.29, 1.82) is 0 Å². The quantitative estimate of drug-likeness (QED) is 0.440. The van der Waals surface area contributed by atoms with Crippen molar-refractivity contribution in [3.05, 3.63) is 63.7 Å². The Kier molecular flexibility index (Phi) is 4.63. The van der Waals surface area contributed by atoms with Gasteiger partial charge < -0.3 is 5.11 Å². The number of halogens is 3. The molecule has 0 saturated heterocycles. The lowest BCUT2D eigenvalue weighted by Gasteiger charge is -2.01. The molecule has 0 aliphatic rings. The maximum absolute atomic E-state index is 14.2. The fraction of sp³-hybridized carbons (Fsp3) is 0.0526. The predicted molar refractivity (Wildman–Crippen MR) is 107 cm³/mol. The van der Waals surface area contributed by atoms with Gasteiger partial charge in [-0.25, -0.2) is 14.1 Å². The normalized spacial score (nSPS) is 11.1. The number of aryl methyl sites for hydroxylation is 1. The van der Waals surface area contributed by atoms with E-state index in [0.29, 0.717) is 16.4 Å². The third kappa shape index (κ3) is 3.20. The van der Waals surface area contributed by atoms with Crippen LogP contribution in [-0.4, -0.2) is 19.9 Å². The molecular weight excluding hydrogens is 408 g/mol. The molecule has 0 atom stereocenters. The van der Waals surface area contributed by atoms with Crippen molar-refractivity contribution in [2.45, 2.75) is 0 Å². The molecule has 4 aromatic rings. The average Bonchev–Trinajstić information content (AvgIpc) is 3.18. The van der Waals surface area contributed by atoms with Gasteiger partial charge in [0.25, 0.3) is 0 Å². The van der Waals surface area contributed by atoms with E-state index in [1.165, 1.54) is 23.5 Å². The number of benzene rings is 2. The molecule has 0 saturated carbocycles. The Morgan fingerprint density at radius 1 is 1.11 bits per heavy atom. The van der Waals surface area contributed by atoms with Gasteiger partial charge in [0.05, 0.1) is 20.5 Å². The van der Waals surface area contributed by atoms with Gasteiger partial charge in [0.2, 0.25) is 0 Å². The summed E-state index contributed by atoms with van der Waals surface area (Å²) in [5, 5.41) is 16.4. The second kappa shape index (κ2) is 6.96. The highest BCUT2D eigenvalue weighted by Gasteiger charge is 2.21. The lowest BCUT2D eigenvalue weighted by Crippen LogP contribution is -1.94. The molecule has 136 valence electrons. The zero-order chi connectivity index (χ0) is 19.1. The molecule has 0 aliphatic heterocycles. The van der Waals surface area contributed by atoms with Gasteiger partial charge in [0, 0.05) is 18.0 Å². The maximum atomic E-state index is 14.2. The molecule has 27 heavy (non-hydrogen) atoms. The fourth-order valence-corrected chi connectivity index (χ4v) is 4.38. The van der Waals surface area contributed by atoms with E-state index in [0.717, 1.165) is 10.4 Å². The van der Waals surface area contributed by atoms with Crippen LogP contribution in [0.5, 0.6) is 5.75 Å². The number of hydrogen-bond donors (Lipinski definition) is 1. The van der Waals surface area contributed by atoms with Gasteiger partial charge in [-0.05, 0) is 42.0 Å². The Morgan fingerprint density at radius 2 is 1.85 bits per heavy atom. The summed E-state index contributed by atoms with van der Waals surface area (Å²) in [5.74, 6) is 0.409. The summed E-state index contributed by atoms with van der Waals surface area (Å²) >= 11 is 14.2. The number of aromatic hydroxyl groups is 1. The number of thiophene rings is 1. The average molecular weight is 420 g/mol. The highest BCUT2D eigenvalue weighted by atomic mass is 35.5. The summed E-state index contributed by atoms with van der Waals surface area (Å²) in [6.45, 7) is 0. The number of phenols is 1. The summed E-state index contributed by atoms with van der Waals surface area (Å²) in [6, 6.07) is 11.2. The van der Waals surface area contributed by atoms with Crippen LogP contribution in [0.3, 0.4) is 0 Å². The number of aromatic nitrogens is 3. The van der Waals surface area contributed by atoms with Crippen LogP contribution in [0.25, 0.3) is 33.2 Å². The Balaban J connectivity index is 1.80. The van der Waals surface area contributed by atoms with Gasteiger partial charge in [-0.3, -0.25) is 0 Å². The van der Waals surface area contributed by atoms with Gasteiger partial charge in [0.1, 0.15) is 11.6 Å². The highest BCUT2D eigenvalue weighted by Crippen LogP contribution is 2.42. The first-order valence-electron chi connectivity index (χ1n) is 7.88. The van der Waals surface area contributed by atoms with Crippen molar-refractivity contribution < 1.29 is 9.50 Å². The summed E-state index contributed by atoms with van der Waals surface area (Å²) in [4.78, 5) is 5.31. The molecule has 2 aromatic heterocycles. The molecular formula is C19H12Cl2FN3OS. The van der Waals surface area contributed by atoms with E-state index >= 15 is 0 Å². The highest BCUT2D eigenvalue weighted by molar-refractivity contribution is 7.14. The number of phenolic OH excluding ortho intramolecular Hbond substituents is 1. The zero-order valence-electron chi connectivity index (χ0n) is 13.9.